The van der Waals surface area contributed by atoms with Gasteiger partial charge in [-0.15, -0.1) is 58.0 Å². The van der Waals surface area contributed by atoms with Crippen LogP contribution in [-0.4, -0.2) is 22.0 Å². The molecule has 7 heteroatoms. The highest BCUT2D eigenvalue weighted by molar-refractivity contribution is 6.49. The minimum Gasteiger partial charge on any atom is -0.125 e. The van der Waals surface area contributed by atoms with Crippen LogP contribution in [0.1, 0.15) is 0 Å². The quantitative estimate of drug-likeness (QED) is 0.627. The van der Waals surface area contributed by atoms with Crippen molar-refractivity contribution in [2.24, 2.45) is 0 Å². The van der Waals surface area contributed by atoms with Gasteiger partial charge in [0.05, 0.1) is 11.3 Å². The molecule has 0 amide bonds. The zero-order valence-electron chi connectivity index (χ0n) is 6.29. The molecule has 0 aromatic rings. The molecule has 13 heavy (non-hydrogen) atoms. The van der Waals surface area contributed by atoms with Crippen molar-refractivity contribution < 1.29 is 0 Å². The summed E-state index contributed by atoms with van der Waals surface area (Å²) >= 11 is 36.7. The molecule has 0 aliphatic carbocycles. The second-order valence-electron chi connectivity index (χ2n) is 1.69. The Morgan fingerprint density at radius 3 is 1.62 bits per heavy atom. The number of alkyl halides is 5. The molecule has 0 fully saturated rings. The number of hydrogen-bond acceptors (Lipinski definition) is 0. The van der Waals surface area contributed by atoms with E-state index < -0.39 is 4.84 Å². The van der Waals surface area contributed by atoms with Crippen LogP contribution in [0.4, 0.5) is 0 Å². The first kappa shape index (κ1) is 17.2. The number of halogens is 7. The fourth-order valence-electron chi connectivity index (χ4n) is 0.0965. The van der Waals surface area contributed by atoms with Gasteiger partial charge in [0.1, 0.15) is 4.84 Å². The van der Waals surface area contributed by atoms with Crippen molar-refractivity contribution in [2.75, 3.05) is 11.8 Å². The Bertz CT molecular complexity index is 133. The standard InChI is InChI=1S/C3H4Cl4.C3H3Cl3/c4-1-2(5)3(6)7;4-1-3(6)2-5/h2-3H,1H2;1H,2H2/b;3-1+. The van der Waals surface area contributed by atoms with E-state index in [9.17, 15) is 0 Å². The lowest BCUT2D eigenvalue weighted by Gasteiger charge is -2.02. The lowest BCUT2D eigenvalue weighted by molar-refractivity contribution is 1.06. The highest BCUT2D eigenvalue weighted by atomic mass is 35.5. The fraction of sp³-hybridized carbons (Fsp3) is 0.667. The van der Waals surface area contributed by atoms with Crippen LogP contribution in [0.5, 0.6) is 0 Å². The third-order valence-electron chi connectivity index (χ3n) is 0.667. The molecular formula is C6H7Cl7. The topological polar surface area (TPSA) is 0 Å². The minimum absolute atomic E-state index is 0.291. The van der Waals surface area contributed by atoms with E-state index in [0.717, 1.165) is 0 Å². The minimum atomic E-state index is -0.556. The Kier molecular flexibility index (Phi) is 15.6. The maximum Gasteiger partial charge on any atom is 0.125 e. The van der Waals surface area contributed by atoms with Gasteiger partial charge in [-0.05, 0) is 0 Å². The zero-order valence-corrected chi connectivity index (χ0v) is 11.6. The Balaban J connectivity index is 0. The summed E-state index contributed by atoms with van der Waals surface area (Å²) in [5.74, 6) is 0.588. The maximum absolute atomic E-state index is 5.40. The van der Waals surface area contributed by atoms with Gasteiger partial charge in [-0.2, -0.15) is 0 Å². The van der Waals surface area contributed by atoms with Crippen LogP contribution in [0, 0.1) is 0 Å². The summed E-state index contributed by atoms with van der Waals surface area (Å²) in [7, 11) is 0. The van der Waals surface area contributed by atoms with Gasteiger partial charge in [-0.3, -0.25) is 0 Å². The van der Waals surface area contributed by atoms with Crippen molar-refractivity contribution >= 4 is 81.2 Å². The Morgan fingerprint density at radius 2 is 1.62 bits per heavy atom. The smallest absolute Gasteiger partial charge is 0.125 e. The summed E-state index contributed by atoms with van der Waals surface area (Å²) in [6, 6.07) is 0. The summed E-state index contributed by atoms with van der Waals surface area (Å²) in [4.78, 5) is -0.556. The van der Waals surface area contributed by atoms with Gasteiger partial charge >= 0.3 is 0 Å². The van der Waals surface area contributed by atoms with Crippen molar-refractivity contribution in [2.45, 2.75) is 10.2 Å². The predicted molar refractivity (Wildman–Crippen MR) is 66.4 cm³/mol. The van der Waals surface area contributed by atoms with E-state index in [4.69, 9.17) is 81.2 Å². The van der Waals surface area contributed by atoms with Crippen LogP contribution in [0.15, 0.2) is 10.6 Å². The first-order valence-electron chi connectivity index (χ1n) is 2.98. The van der Waals surface area contributed by atoms with Crippen LogP contribution in [0.2, 0.25) is 0 Å². The molecule has 0 nitrogen and oxygen atoms in total. The monoisotopic (exact) mass is 324 g/mol. The lowest BCUT2D eigenvalue weighted by atomic mass is 10.5. The molecule has 0 aromatic heterocycles. The molecular weight excluding hydrogens is 320 g/mol. The van der Waals surface area contributed by atoms with E-state index in [1.807, 2.05) is 0 Å². The van der Waals surface area contributed by atoms with Crippen molar-refractivity contribution in [3.63, 3.8) is 0 Å². The van der Waals surface area contributed by atoms with Crippen LogP contribution in [0.3, 0.4) is 0 Å². The molecule has 0 bridgehead atoms. The van der Waals surface area contributed by atoms with Crippen LogP contribution >= 0.6 is 81.2 Å². The predicted octanol–water partition coefficient (Wildman–Crippen LogP) is 5.18. The first-order chi connectivity index (χ1) is 5.99. The first-order valence-corrected chi connectivity index (χ1v) is 6.17. The van der Waals surface area contributed by atoms with E-state index in [1.165, 1.54) is 5.54 Å². The summed E-state index contributed by atoms with van der Waals surface area (Å²) in [6.07, 6.45) is 0. The van der Waals surface area contributed by atoms with Crippen molar-refractivity contribution in [1.29, 1.82) is 0 Å². The van der Waals surface area contributed by atoms with E-state index in [1.54, 1.807) is 0 Å². The molecule has 0 saturated heterocycles. The molecule has 0 rings (SSSR count). The molecule has 0 radical (unpaired) electrons. The third-order valence-corrected chi connectivity index (χ3v) is 3.47. The molecule has 1 unspecified atom stereocenters. The summed E-state index contributed by atoms with van der Waals surface area (Å²) in [5.41, 5.74) is 1.24. The van der Waals surface area contributed by atoms with Gasteiger partial charge < -0.3 is 0 Å². The largest absolute Gasteiger partial charge is 0.125 e. The molecule has 0 aliphatic heterocycles. The zero-order chi connectivity index (χ0) is 10.9. The highest BCUT2D eigenvalue weighted by Gasteiger charge is 2.10. The van der Waals surface area contributed by atoms with E-state index >= 15 is 0 Å². The van der Waals surface area contributed by atoms with Crippen molar-refractivity contribution in [3.05, 3.63) is 10.6 Å². The highest BCUT2D eigenvalue weighted by Crippen LogP contribution is 2.14. The lowest BCUT2D eigenvalue weighted by Crippen LogP contribution is -2.08. The number of hydrogen-bond donors (Lipinski definition) is 0. The molecule has 0 heterocycles. The third kappa shape index (κ3) is 13.8. The second-order valence-corrected chi connectivity index (χ2v) is 4.70. The van der Waals surface area contributed by atoms with Crippen LogP contribution < -0.4 is 0 Å². The van der Waals surface area contributed by atoms with Crippen LogP contribution in [0.25, 0.3) is 0 Å². The summed E-state index contributed by atoms with van der Waals surface area (Å²) < 4.78 is 0. The molecule has 0 N–H and O–H groups in total. The normalized spacial score (nSPS) is 13.7. The second kappa shape index (κ2) is 11.8. The van der Waals surface area contributed by atoms with Gasteiger partial charge in [0, 0.05) is 16.4 Å². The Morgan fingerprint density at radius 1 is 1.15 bits per heavy atom. The average Bonchev–Trinajstić information content (AvgIpc) is 2.16. The maximum atomic E-state index is 5.40. The van der Waals surface area contributed by atoms with E-state index in [0.29, 0.717) is 16.8 Å². The fourth-order valence-corrected chi connectivity index (χ4v) is 0.869. The molecule has 0 aromatic carbocycles. The average molecular weight is 327 g/mol. The van der Waals surface area contributed by atoms with Gasteiger partial charge in [-0.1, -0.05) is 23.2 Å². The Labute approximate surface area is 113 Å². The van der Waals surface area contributed by atoms with E-state index in [-0.39, 0.29) is 5.38 Å². The summed E-state index contributed by atoms with van der Waals surface area (Å²) in [6.45, 7) is 0. The van der Waals surface area contributed by atoms with E-state index in [2.05, 4.69) is 0 Å². The molecule has 0 aliphatic rings. The molecule has 0 saturated carbocycles. The molecule has 0 spiro atoms. The number of rotatable bonds is 3. The number of allylic oxidation sites excluding steroid dienone is 1. The Hall–Kier alpha value is 1.77. The van der Waals surface area contributed by atoms with Crippen molar-refractivity contribution in [3.8, 4) is 0 Å². The molecule has 80 valence electrons. The van der Waals surface area contributed by atoms with Crippen molar-refractivity contribution in [1.82, 2.24) is 0 Å². The SMILES string of the molecule is Cl/C=C(/Cl)CCl.ClCC(Cl)C(Cl)Cl. The summed E-state index contributed by atoms with van der Waals surface area (Å²) in [5, 5.41) is 0.142. The van der Waals surface area contributed by atoms with Gasteiger partial charge in [0.15, 0.2) is 0 Å². The van der Waals surface area contributed by atoms with Gasteiger partial charge in [-0.25, -0.2) is 0 Å². The van der Waals surface area contributed by atoms with Gasteiger partial charge in [0.2, 0.25) is 0 Å². The van der Waals surface area contributed by atoms with Gasteiger partial charge in [0.25, 0.3) is 0 Å². The van der Waals surface area contributed by atoms with Crippen LogP contribution in [-0.2, 0) is 0 Å². The molecule has 1 atom stereocenters.